The molecule has 0 aliphatic rings. The van der Waals surface area contributed by atoms with Crippen LogP contribution in [0.4, 0.5) is 4.39 Å². The van der Waals surface area contributed by atoms with Gasteiger partial charge < -0.3 is 5.11 Å². The van der Waals surface area contributed by atoms with Crippen LogP contribution in [0.5, 0.6) is 0 Å². The number of aryl methyl sites for hydroxylation is 1. The first kappa shape index (κ1) is 8.21. The summed E-state index contributed by atoms with van der Waals surface area (Å²) < 4.78 is 12.7. The molecule has 0 radical (unpaired) electrons. The smallest absolute Gasteiger partial charge is 0.128 e. The molecule has 0 bridgehead atoms. The second-order valence-electron chi connectivity index (χ2n) is 2.44. The molecule has 1 N–H and O–H groups in total. The Bertz CT molecular complexity index is 245. The summed E-state index contributed by atoms with van der Waals surface area (Å²) in [6, 6.07) is 4.81. The summed E-state index contributed by atoms with van der Waals surface area (Å²) in [6.45, 7) is 1.77. The van der Waals surface area contributed by atoms with Crippen molar-refractivity contribution in [2.45, 2.75) is 20.0 Å². The highest BCUT2D eigenvalue weighted by Crippen LogP contribution is 2.10. The molecule has 0 spiro atoms. The van der Waals surface area contributed by atoms with E-state index >= 15 is 0 Å². The molecular weight excluding hydrogens is 143 g/mol. The molecule has 0 saturated carbocycles. The summed E-state index contributed by atoms with van der Waals surface area (Å²) in [6.07, 6.45) is 0.868. The van der Waals surface area contributed by atoms with Gasteiger partial charge >= 0.3 is 0 Å². The fourth-order valence-corrected chi connectivity index (χ4v) is 0.969. The van der Waals surface area contributed by atoms with Crippen molar-refractivity contribution in [3.63, 3.8) is 0 Å². The average molecular weight is 154 g/mol. The topological polar surface area (TPSA) is 20.2 Å². The van der Waals surface area contributed by atoms with Gasteiger partial charge in [-0.3, -0.25) is 0 Å². The summed E-state index contributed by atoms with van der Waals surface area (Å²) in [5, 5.41) is 8.70. The Balaban J connectivity index is 3.02. The van der Waals surface area contributed by atoms with Crippen LogP contribution in [0.3, 0.4) is 0 Å². The lowest BCUT2D eigenvalue weighted by atomic mass is 10.1. The molecule has 11 heavy (non-hydrogen) atoms. The lowest BCUT2D eigenvalue weighted by molar-refractivity contribution is 0.275. The number of halogens is 1. The highest BCUT2D eigenvalue weighted by Gasteiger charge is 2.00. The Kier molecular flexibility index (Phi) is 2.60. The van der Waals surface area contributed by atoms with Crippen molar-refractivity contribution < 1.29 is 9.50 Å². The zero-order valence-corrected chi connectivity index (χ0v) is 6.47. The van der Waals surface area contributed by atoms with Gasteiger partial charge in [-0.2, -0.15) is 0 Å². The molecule has 0 aliphatic heterocycles. The van der Waals surface area contributed by atoms with Crippen LogP contribution in [-0.2, 0) is 13.0 Å². The first-order chi connectivity index (χ1) is 5.27. The minimum absolute atomic E-state index is 0.223. The normalized spacial score (nSPS) is 10.1. The van der Waals surface area contributed by atoms with E-state index in [0.717, 1.165) is 12.0 Å². The molecular formula is C9H11FO. The van der Waals surface area contributed by atoms with Crippen molar-refractivity contribution >= 4 is 0 Å². The second-order valence-corrected chi connectivity index (χ2v) is 2.44. The van der Waals surface area contributed by atoms with Gasteiger partial charge in [0.25, 0.3) is 0 Å². The minimum atomic E-state index is -0.329. The third kappa shape index (κ3) is 1.77. The van der Waals surface area contributed by atoms with Crippen LogP contribution in [0.2, 0.25) is 0 Å². The van der Waals surface area contributed by atoms with Crippen LogP contribution in [0.1, 0.15) is 18.1 Å². The Hall–Kier alpha value is -0.890. The van der Waals surface area contributed by atoms with Gasteiger partial charge in [0, 0.05) is 5.56 Å². The van der Waals surface area contributed by atoms with E-state index in [-0.39, 0.29) is 12.4 Å². The second kappa shape index (κ2) is 3.49. The first-order valence-electron chi connectivity index (χ1n) is 3.66. The predicted octanol–water partition coefficient (Wildman–Crippen LogP) is 1.88. The highest BCUT2D eigenvalue weighted by molar-refractivity contribution is 5.24. The molecule has 2 heteroatoms. The summed E-state index contributed by atoms with van der Waals surface area (Å²) in [5.41, 5.74) is 1.43. The molecule has 1 aromatic carbocycles. The monoisotopic (exact) mass is 154 g/mol. The molecule has 0 aliphatic carbocycles. The SMILES string of the molecule is CCc1ccc(F)c(CO)c1. The van der Waals surface area contributed by atoms with Crippen LogP contribution >= 0.6 is 0 Å². The molecule has 60 valence electrons. The first-order valence-corrected chi connectivity index (χ1v) is 3.66. The van der Waals surface area contributed by atoms with Crippen molar-refractivity contribution in [1.29, 1.82) is 0 Å². The average Bonchev–Trinajstić information content (AvgIpc) is 2.05. The maximum atomic E-state index is 12.7. The summed E-state index contributed by atoms with van der Waals surface area (Å²) in [5.74, 6) is -0.329. The quantitative estimate of drug-likeness (QED) is 0.689. The fourth-order valence-electron chi connectivity index (χ4n) is 0.969. The van der Waals surface area contributed by atoms with Crippen LogP contribution in [0.15, 0.2) is 18.2 Å². The van der Waals surface area contributed by atoms with Crippen molar-refractivity contribution in [1.82, 2.24) is 0 Å². The van der Waals surface area contributed by atoms with E-state index in [4.69, 9.17) is 5.11 Å². The van der Waals surface area contributed by atoms with Gasteiger partial charge in [-0.15, -0.1) is 0 Å². The van der Waals surface area contributed by atoms with E-state index in [1.54, 1.807) is 12.1 Å². The minimum Gasteiger partial charge on any atom is -0.392 e. The van der Waals surface area contributed by atoms with Crippen molar-refractivity contribution in [3.8, 4) is 0 Å². The van der Waals surface area contributed by atoms with Crippen LogP contribution in [-0.4, -0.2) is 5.11 Å². The lowest BCUT2D eigenvalue weighted by Gasteiger charge is -2.01. The standard InChI is InChI=1S/C9H11FO/c1-2-7-3-4-9(10)8(5-7)6-11/h3-5,11H,2,6H2,1H3. The maximum absolute atomic E-state index is 12.7. The number of hydrogen-bond donors (Lipinski definition) is 1. The highest BCUT2D eigenvalue weighted by atomic mass is 19.1. The number of aliphatic hydroxyl groups excluding tert-OH is 1. The fraction of sp³-hybridized carbons (Fsp3) is 0.333. The molecule has 0 aromatic heterocycles. The molecule has 1 aromatic rings. The van der Waals surface area contributed by atoms with E-state index in [9.17, 15) is 4.39 Å². The molecule has 0 heterocycles. The third-order valence-electron chi connectivity index (χ3n) is 1.69. The zero-order chi connectivity index (χ0) is 8.27. The van der Waals surface area contributed by atoms with E-state index < -0.39 is 0 Å². The Morgan fingerprint density at radius 1 is 1.45 bits per heavy atom. The zero-order valence-electron chi connectivity index (χ0n) is 6.47. The molecule has 1 rings (SSSR count). The van der Waals surface area contributed by atoms with Crippen molar-refractivity contribution in [3.05, 3.63) is 35.1 Å². The summed E-state index contributed by atoms with van der Waals surface area (Å²) >= 11 is 0. The van der Waals surface area contributed by atoms with Gasteiger partial charge in [0.2, 0.25) is 0 Å². The van der Waals surface area contributed by atoms with Gasteiger partial charge in [-0.1, -0.05) is 19.1 Å². The van der Waals surface area contributed by atoms with Gasteiger partial charge in [-0.25, -0.2) is 4.39 Å². The molecule has 0 amide bonds. The van der Waals surface area contributed by atoms with Crippen LogP contribution in [0.25, 0.3) is 0 Å². The van der Waals surface area contributed by atoms with Crippen LogP contribution < -0.4 is 0 Å². The largest absolute Gasteiger partial charge is 0.392 e. The Labute approximate surface area is 65.5 Å². The van der Waals surface area contributed by atoms with Crippen molar-refractivity contribution in [2.24, 2.45) is 0 Å². The molecule has 0 saturated heterocycles. The number of hydrogen-bond acceptors (Lipinski definition) is 1. The Morgan fingerprint density at radius 2 is 2.18 bits per heavy atom. The molecule has 0 atom stereocenters. The maximum Gasteiger partial charge on any atom is 0.128 e. The summed E-state index contributed by atoms with van der Waals surface area (Å²) in [7, 11) is 0. The molecule has 0 fully saturated rings. The summed E-state index contributed by atoms with van der Waals surface area (Å²) in [4.78, 5) is 0. The van der Waals surface area contributed by atoms with Gasteiger partial charge in [0.15, 0.2) is 0 Å². The van der Waals surface area contributed by atoms with Gasteiger partial charge in [0.05, 0.1) is 6.61 Å². The van der Waals surface area contributed by atoms with E-state index in [0.29, 0.717) is 5.56 Å². The molecule has 0 unspecified atom stereocenters. The third-order valence-corrected chi connectivity index (χ3v) is 1.69. The number of benzene rings is 1. The number of aliphatic hydroxyl groups is 1. The van der Waals surface area contributed by atoms with E-state index in [1.165, 1.54) is 6.07 Å². The lowest BCUT2D eigenvalue weighted by Crippen LogP contribution is -1.91. The van der Waals surface area contributed by atoms with Crippen molar-refractivity contribution in [2.75, 3.05) is 0 Å². The molecule has 1 nitrogen and oxygen atoms in total. The van der Waals surface area contributed by atoms with E-state index in [1.807, 2.05) is 6.92 Å². The predicted molar refractivity (Wildman–Crippen MR) is 41.7 cm³/mol. The van der Waals surface area contributed by atoms with Crippen LogP contribution in [0, 0.1) is 5.82 Å². The van der Waals surface area contributed by atoms with Gasteiger partial charge in [0.1, 0.15) is 5.82 Å². The Morgan fingerprint density at radius 3 is 2.73 bits per heavy atom. The van der Waals surface area contributed by atoms with E-state index in [2.05, 4.69) is 0 Å². The van der Waals surface area contributed by atoms with Gasteiger partial charge in [-0.05, 0) is 18.1 Å². The number of rotatable bonds is 2.